The molecule has 3 rings (SSSR count). The summed E-state index contributed by atoms with van der Waals surface area (Å²) in [4.78, 5) is 12.0. The third-order valence-electron chi connectivity index (χ3n) is 3.38. The third-order valence-corrected chi connectivity index (χ3v) is 3.38. The van der Waals surface area contributed by atoms with E-state index in [1.807, 2.05) is 66.9 Å². The van der Waals surface area contributed by atoms with Crippen molar-refractivity contribution < 1.29 is 4.79 Å². The lowest BCUT2D eigenvalue weighted by Crippen LogP contribution is -2.24. The van der Waals surface area contributed by atoms with Crippen LogP contribution >= 0.6 is 0 Å². The number of hydrogen-bond acceptors (Lipinski definition) is 2. The number of carbonyl (C=O) groups is 1. The summed E-state index contributed by atoms with van der Waals surface area (Å²) in [6.45, 7) is 0.515. The van der Waals surface area contributed by atoms with E-state index in [1.54, 1.807) is 10.9 Å². The van der Waals surface area contributed by atoms with Crippen LogP contribution in [0.3, 0.4) is 0 Å². The molecule has 22 heavy (non-hydrogen) atoms. The highest BCUT2D eigenvalue weighted by molar-refractivity contribution is 5.78. The fourth-order valence-corrected chi connectivity index (χ4v) is 2.27. The third kappa shape index (κ3) is 3.61. The fraction of sp³-hybridized carbons (Fsp3) is 0.111. The minimum atomic E-state index is 0.0238. The molecule has 0 aliphatic rings. The van der Waals surface area contributed by atoms with Gasteiger partial charge in [-0.1, -0.05) is 42.5 Å². The molecule has 0 atom stereocenters. The van der Waals surface area contributed by atoms with Crippen molar-refractivity contribution >= 4 is 5.91 Å². The Bertz CT molecular complexity index is 736. The van der Waals surface area contributed by atoms with E-state index in [9.17, 15) is 4.79 Å². The summed E-state index contributed by atoms with van der Waals surface area (Å²) in [7, 11) is 0. The second-order valence-corrected chi connectivity index (χ2v) is 5.06. The molecule has 0 fully saturated rings. The van der Waals surface area contributed by atoms with E-state index >= 15 is 0 Å². The van der Waals surface area contributed by atoms with E-state index in [-0.39, 0.29) is 5.91 Å². The van der Waals surface area contributed by atoms with Crippen LogP contribution in [0.5, 0.6) is 0 Å². The molecule has 1 aromatic heterocycles. The topological polar surface area (TPSA) is 46.9 Å². The lowest BCUT2D eigenvalue weighted by atomic mass is 10.1. The van der Waals surface area contributed by atoms with Gasteiger partial charge in [-0.05, 0) is 29.3 Å². The summed E-state index contributed by atoms with van der Waals surface area (Å²) in [5.41, 5.74) is 3.06. The van der Waals surface area contributed by atoms with Gasteiger partial charge in [0.25, 0.3) is 0 Å². The number of aromatic nitrogens is 2. The summed E-state index contributed by atoms with van der Waals surface area (Å²) in [6, 6.07) is 19.6. The number of nitrogens with one attached hydrogen (secondary N) is 1. The highest BCUT2D eigenvalue weighted by Gasteiger charge is 2.04. The molecule has 0 aliphatic carbocycles. The number of benzene rings is 2. The molecule has 0 unspecified atom stereocenters. The number of amides is 1. The molecule has 0 radical (unpaired) electrons. The van der Waals surface area contributed by atoms with Crippen LogP contribution in [0.1, 0.15) is 11.1 Å². The number of nitrogens with zero attached hydrogens (tertiary/aromatic N) is 2. The Labute approximate surface area is 129 Å². The van der Waals surface area contributed by atoms with E-state index in [0.29, 0.717) is 13.0 Å². The van der Waals surface area contributed by atoms with Crippen molar-refractivity contribution in [1.82, 2.24) is 15.1 Å². The summed E-state index contributed by atoms with van der Waals surface area (Å²) < 4.78 is 1.80. The zero-order chi connectivity index (χ0) is 15.2. The molecule has 4 heteroatoms. The number of hydrogen-bond donors (Lipinski definition) is 1. The monoisotopic (exact) mass is 291 g/mol. The summed E-state index contributed by atoms with van der Waals surface area (Å²) >= 11 is 0. The van der Waals surface area contributed by atoms with E-state index in [1.165, 1.54) is 0 Å². The second kappa shape index (κ2) is 6.72. The molecule has 2 aromatic carbocycles. The minimum absolute atomic E-state index is 0.0238. The maximum absolute atomic E-state index is 12.0. The normalized spacial score (nSPS) is 10.4. The molecule has 0 spiro atoms. The van der Waals surface area contributed by atoms with Crippen molar-refractivity contribution in [3.05, 3.63) is 84.2 Å². The van der Waals surface area contributed by atoms with Crippen LogP contribution in [-0.4, -0.2) is 15.7 Å². The number of rotatable bonds is 5. The molecule has 1 N–H and O–H groups in total. The van der Waals surface area contributed by atoms with Gasteiger partial charge in [-0.3, -0.25) is 4.79 Å². The molecule has 3 aromatic rings. The first kappa shape index (κ1) is 14.1. The van der Waals surface area contributed by atoms with Crippen LogP contribution in [-0.2, 0) is 17.8 Å². The Kier molecular flexibility index (Phi) is 4.30. The van der Waals surface area contributed by atoms with Crippen molar-refractivity contribution in [2.75, 3.05) is 0 Å². The summed E-state index contributed by atoms with van der Waals surface area (Å²) in [5.74, 6) is 0.0238. The van der Waals surface area contributed by atoms with Crippen molar-refractivity contribution in [3.8, 4) is 5.69 Å². The Morgan fingerprint density at radius 2 is 1.82 bits per heavy atom. The van der Waals surface area contributed by atoms with Crippen LogP contribution in [0.2, 0.25) is 0 Å². The quantitative estimate of drug-likeness (QED) is 0.785. The van der Waals surface area contributed by atoms with Gasteiger partial charge < -0.3 is 5.32 Å². The highest BCUT2D eigenvalue weighted by Crippen LogP contribution is 2.09. The minimum Gasteiger partial charge on any atom is -0.352 e. The molecule has 4 nitrogen and oxygen atoms in total. The second-order valence-electron chi connectivity index (χ2n) is 5.06. The number of carbonyl (C=O) groups excluding carboxylic acids is 1. The van der Waals surface area contributed by atoms with Gasteiger partial charge in [0.1, 0.15) is 0 Å². The van der Waals surface area contributed by atoms with Gasteiger partial charge in [-0.2, -0.15) is 5.10 Å². The first-order valence-electron chi connectivity index (χ1n) is 7.21. The first-order valence-corrected chi connectivity index (χ1v) is 7.21. The van der Waals surface area contributed by atoms with E-state index < -0.39 is 0 Å². The Balaban J connectivity index is 1.60. The molecule has 0 bridgehead atoms. The van der Waals surface area contributed by atoms with Gasteiger partial charge in [0.15, 0.2) is 0 Å². The van der Waals surface area contributed by atoms with Crippen LogP contribution in [0.15, 0.2) is 73.1 Å². The average Bonchev–Trinajstić information content (AvgIpc) is 3.09. The van der Waals surface area contributed by atoms with Crippen LogP contribution < -0.4 is 5.32 Å². The van der Waals surface area contributed by atoms with Gasteiger partial charge in [0, 0.05) is 18.9 Å². The molecule has 1 amide bonds. The van der Waals surface area contributed by atoms with Gasteiger partial charge in [-0.15, -0.1) is 0 Å². The van der Waals surface area contributed by atoms with Crippen LogP contribution in [0.4, 0.5) is 0 Å². The zero-order valence-corrected chi connectivity index (χ0v) is 12.1. The maximum Gasteiger partial charge on any atom is 0.224 e. The van der Waals surface area contributed by atoms with E-state index in [0.717, 1.165) is 16.8 Å². The SMILES string of the molecule is O=C(Cc1ccccc1)NCc1cccc(-n2cccn2)c1. The average molecular weight is 291 g/mol. The van der Waals surface area contributed by atoms with Crippen molar-refractivity contribution in [3.63, 3.8) is 0 Å². The zero-order valence-electron chi connectivity index (χ0n) is 12.1. The standard InChI is InChI=1S/C18H17N3O/c22-18(13-15-6-2-1-3-7-15)19-14-16-8-4-9-17(12-16)21-11-5-10-20-21/h1-12H,13-14H2,(H,19,22). The predicted molar refractivity (Wildman–Crippen MR) is 85.6 cm³/mol. The fourth-order valence-electron chi connectivity index (χ4n) is 2.27. The molecule has 0 saturated carbocycles. The van der Waals surface area contributed by atoms with Gasteiger partial charge in [-0.25, -0.2) is 4.68 Å². The maximum atomic E-state index is 12.0. The molecular formula is C18H17N3O. The summed E-state index contributed by atoms with van der Waals surface area (Å²) in [5, 5.41) is 7.16. The van der Waals surface area contributed by atoms with Crippen LogP contribution in [0.25, 0.3) is 5.69 Å². The van der Waals surface area contributed by atoms with Crippen molar-refractivity contribution in [2.24, 2.45) is 0 Å². The lowest BCUT2D eigenvalue weighted by molar-refractivity contribution is -0.120. The smallest absolute Gasteiger partial charge is 0.224 e. The Morgan fingerprint density at radius 3 is 2.59 bits per heavy atom. The Morgan fingerprint density at radius 1 is 1.00 bits per heavy atom. The van der Waals surface area contributed by atoms with Gasteiger partial charge in [0.05, 0.1) is 12.1 Å². The van der Waals surface area contributed by atoms with Gasteiger partial charge >= 0.3 is 0 Å². The van der Waals surface area contributed by atoms with Gasteiger partial charge in [0.2, 0.25) is 5.91 Å². The molecule has 1 heterocycles. The van der Waals surface area contributed by atoms with Crippen molar-refractivity contribution in [2.45, 2.75) is 13.0 Å². The first-order chi connectivity index (χ1) is 10.8. The highest BCUT2D eigenvalue weighted by atomic mass is 16.1. The van der Waals surface area contributed by atoms with E-state index in [4.69, 9.17) is 0 Å². The molecular weight excluding hydrogens is 274 g/mol. The molecule has 0 saturated heterocycles. The van der Waals surface area contributed by atoms with Crippen LogP contribution in [0, 0.1) is 0 Å². The largest absolute Gasteiger partial charge is 0.352 e. The van der Waals surface area contributed by atoms with Crippen molar-refractivity contribution in [1.29, 1.82) is 0 Å². The predicted octanol–water partition coefficient (Wildman–Crippen LogP) is 2.73. The summed E-state index contributed by atoms with van der Waals surface area (Å²) in [6.07, 6.45) is 4.04. The Hall–Kier alpha value is -2.88. The molecule has 0 aliphatic heterocycles. The van der Waals surface area contributed by atoms with E-state index in [2.05, 4.69) is 10.4 Å². The lowest BCUT2D eigenvalue weighted by Gasteiger charge is -2.08. The molecule has 110 valence electrons.